The van der Waals surface area contributed by atoms with Gasteiger partial charge in [0.05, 0.1) is 12.5 Å². The van der Waals surface area contributed by atoms with E-state index in [0.29, 0.717) is 13.0 Å². The van der Waals surface area contributed by atoms with Crippen molar-refractivity contribution in [2.45, 2.75) is 46.6 Å². The maximum Gasteiger partial charge on any atom is 0.224 e. The van der Waals surface area contributed by atoms with Gasteiger partial charge in [0.25, 0.3) is 0 Å². The minimum absolute atomic E-state index is 0.0236. The van der Waals surface area contributed by atoms with Crippen LogP contribution >= 0.6 is 0 Å². The van der Waals surface area contributed by atoms with E-state index in [9.17, 15) is 4.79 Å². The fourth-order valence-corrected chi connectivity index (χ4v) is 2.47. The molecule has 0 unspecified atom stereocenters. The molecule has 0 saturated carbocycles. The third kappa shape index (κ3) is 5.41. The summed E-state index contributed by atoms with van der Waals surface area (Å²) in [6, 6.07) is 14.2. The summed E-state index contributed by atoms with van der Waals surface area (Å²) in [5, 5.41) is 2.99. The van der Waals surface area contributed by atoms with Gasteiger partial charge >= 0.3 is 0 Å². The number of aryl methyl sites for hydroxylation is 3. The van der Waals surface area contributed by atoms with E-state index in [-0.39, 0.29) is 11.9 Å². The summed E-state index contributed by atoms with van der Waals surface area (Å²) in [4.78, 5) is 12.1. The van der Waals surface area contributed by atoms with E-state index < -0.39 is 0 Å². The lowest BCUT2D eigenvalue weighted by Gasteiger charge is -2.16. The highest BCUT2D eigenvalue weighted by atomic mass is 16.5. The summed E-state index contributed by atoms with van der Waals surface area (Å²) in [6.07, 6.45) is 1.41. The normalized spacial score (nSPS) is 11.8. The number of hydrogen-bond acceptors (Lipinski definition) is 2. The van der Waals surface area contributed by atoms with Gasteiger partial charge in [-0.3, -0.25) is 4.79 Å². The van der Waals surface area contributed by atoms with Crippen LogP contribution in [-0.4, -0.2) is 18.6 Å². The average Bonchev–Trinajstić information content (AvgIpc) is 2.56. The molecule has 0 aromatic heterocycles. The highest BCUT2D eigenvalue weighted by molar-refractivity contribution is 5.78. The van der Waals surface area contributed by atoms with Crippen molar-refractivity contribution in [3.8, 4) is 5.75 Å². The minimum Gasteiger partial charge on any atom is -0.491 e. The molecule has 1 amide bonds. The number of nitrogens with one attached hydrogen (secondary N) is 1. The molecule has 24 heavy (non-hydrogen) atoms. The summed E-state index contributed by atoms with van der Waals surface area (Å²) in [5.74, 6) is 0.866. The van der Waals surface area contributed by atoms with Gasteiger partial charge < -0.3 is 10.1 Å². The van der Waals surface area contributed by atoms with Crippen LogP contribution in [0.25, 0.3) is 0 Å². The van der Waals surface area contributed by atoms with Crippen molar-refractivity contribution in [1.29, 1.82) is 0 Å². The molecule has 2 rings (SSSR count). The lowest BCUT2D eigenvalue weighted by molar-refractivity contribution is -0.121. The first-order chi connectivity index (χ1) is 11.5. The molecule has 0 spiro atoms. The van der Waals surface area contributed by atoms with Crippen molar-refractivity contribution in [2.75, 3.05) is 6.61 Å². The summed E-state index contributed by atoms with van der Waals surface area (Å²) in [6.45, 7) is 8.69. The molecule has 0 bridgehead atoms. The first kappa shape index (κ1) is 18.1. The predicted octanol–water partition coefficient (Wildman–Crippen LogP) is 3.99. The standard InChI is InChI=1S/C21H27NO2/c1-5-18-7-9-19(10-8-18)13-21(23)22-17(4)14-24-20-11-6-15(2)16(3)12-20/h6-12,17H,5,13-14H2,1-4H3,(H,22,23)/t17-/m1/s1. The van der Waals surface area contributed by atoms with Crippen molar-refractivity contribution in [3.63, 3.8) is 0 Å². The number of benzene rings is 2. The van der Waals surface area contributed by atoms with E-state index in [1.165, 1.54) is 16.7 Å². The molecule has 1 atom stereocenters. The van der Waals surface area contributed by atoms with Crippen LogP contribution in [0.5, 0.6) is 5.75 Å². The van der Waals surface area contributed by atoms with Crippen LogP contribution in [0.2, 0.25) is 0 Å². The van der Waals surface area contributed by atoms with Crippen molar-refractivity contribution in [3.05, 3.63) is 64.7 Å². The zero-order valence-electron chi connectivity index (χ0n) is 15.1. The molecule has 0 heterocycles. The molecule has 1 N–H and O–H groups in total. The molecule has 2 aromatic rings. The summed E-state index contributed by atoms with van der Waals surface area (Å²) in [7, 11) is 0. The summed E-state index contributed by atoms with van der Waals surface area (Å²) in [5.41, 5.74) is 4.78. The number of carbonyl (C=O) groups excluding carboxylic acids is 1. The first-order valence-electron chi connectivity index (χ1n) is 8.55. The molecular formula is C21H27NO2. The minimum atomic E-state index is -0.0333. The highest BCUT2D eigenvalue weighted by Crippen LogP contribution is 2.16. The van der Waals surface area contributed by atoms with Crippen molar-refractivity contribution in [1.82, 2.24) is 5.32 Å². The largest absolute Gasteiger partial charge is 0.491 e. The van der Waals surface area contributed by atoms with Gasteiger partial charge in [-0.05, 0) is 61.6 Å². The van der Waals surface area contributed by atoms with E-state index in [1.54, 1.807) is 0 Å². The molecule has 2 aromatic carbocycles. The Kier molecular flexibility index (Phi) is 6.42. The maximum atomic E-state index is 12.1. The van der Waals surface area contributed by atoms with E-state index in [2.05, 4.69) is 38.2 Å². The second-order valence-electron chi connectivity index (χ2n) is 6.37. The monoisotopic (exact) mass is 325 g/mol. The Labute approximate surface area is 145 Å². The fraction of sp³-hybridized carbons (Fsp3) is 0.381. The van der Waals surface area contributed by atoms with Crippen LogP contribution in [-0.2, 0) is 17.6 Å². The number of rotatable bonds is 7. The smallest absolute Gasteiger partial charge is 0.224 e. The Morgan fingerprint density at radius 2 is 1.71 bits per heavy atom. The van der Waals surface area contributed by atoms with Crippen LogP contribution in [0.1, 0.15) is 36.1 Å². The average molecular weight is 325 g/mol. The van der Waals surface area contributed by atoms with Crippen molar-refractivity contribution >= 4 is 5.91 Å². The first-order valence-corrected chi connectivity index (χ1v) is 8.55. The molecular weight excluding hydrogens is 298 g/mol. The summed E-state index contributed by atoms with van der Waals surface area (Å²) < 4.78 is 5.77. The van der Waals surface area contributed by atoms with Gasteiger partial charge in [-0.1, -0.05) is 37.3 Å². The Morgan fingerprint density at radius 1 is 1.04 bits per heavy atom. The molecule has 0 radical (unpaired) electrons. The van der Waals surface area contributed by atoms with Gasteiger partial charge in [0.1, 0.15) is 12.4 Å². The molecule has 3 nitrogen and oxygen atoms in total. The Balaban J connectivity index is 1.79. The molecule has 0 aliphatic heterocycles. The zero-order valence-corrected chi connectivity index (χ0v) is 15.1. The summed E-state index contributed by atoms with van der Waals surface area (Å²) >= 11 is 0. The molecule has 128 valence electrons. The topological polar surface area (TPSA) is 38.3 Å². The van der Waals surface area contributed by atoms with Gasteiger partial charge in [0.2, 0.25) is 5.91 Å². The third-order valence-electron chi connectivity index (χ3n) is 4.18. The lowest BCUT2D eigenvalue weighted by Crippen LogP contribution is -2.37. The molecule has 3 heteroatoms. The third-order valence-corrected chi connectivity index (χ3v) is 4.18. The predicted molar refractivity (Wildman–Crippen MR) is 98.5 cm³/mol. The van der Waals surface area contributed by atoms with Gasteiger partial charge in [-0.2, -0.15) is 0 Å². The van der Waals surface area contributed by atoms with Gasteiger partial charge in [0, 0.05) is 0 Å². The van der Waals surface area contributed by atoms with Gasteiger partial charge in [0.15, 0.2) is 0 Å². The van der Waals surface area contributed by atoms with E-state index in [0.717, 1.165) is 17.7 Å². The maximum absolute atomic E-state index is 12.1. The van der Waals surface area contributed by atoms with Crippen LogP contribution in [0.3, 0.4) is 0 Å². The van der Waals surface area contributed by atoms with E-state index in [1.807, 2.05) is 37.3 Å². The SMILES string of the molecule is CCc1ccc(CC(=O)N[C@H](C)COc2ccc(C)c(C)c2)cc1. The van der Waals surface area contributed by atoms with Crippen LogP contribution < -0.4 is 10.1 Å². The molecule has 0 aliphatic rings. The Bertz CT molecular complexity index is 677. The number of carbonyl (C=O) groups is 1. The fourth-order valence-electron chi connectivity index (χ4n) is 2.47. The van der Waals surface area contributed by atoms with E-state index >= 15 is 0 Å². The zero-order chi connectivity index (χ0) is 17.5. The van der Waals surface area contributed by atoms with E-state index in [4.69, 9.17) is 4.74 Å². The Hall–Kier alpha value is -2.29. The van der Waals surface area contributed by atoms with Crippen molar-refractivity contribution in [2.24, 2.45) is 0 Å². The lowest BCUT2D eigenvalue weighted by atomic mass is 10.1. The number of amides is 1. The number of hydrogen-bond donors (Lipinski definition) is 1. The van der Waals surface area contributed by atoms with Crippen LogP contribution in [0.15, 0.2) is 42.5 Å². The second kappa shape index (κ2) is 8.53. The van der Waals surface area contributed by atoms with Gasteiger partial charge in [-0.15, -0.1) is 0 Å². The molecule has 0 fully saturated rings. The highest BCUT2D eigenvalue weighted by Gasteiger charge is 2.09. The van der Waals surface area contributed by atoms with Crippen molar-refractivity contribution < 1.29 is 9.53 Å². The van der Waals surface area contributed by atoms with Crippen LogP contribution in [0.4, 0.5) is 0 Å². The molecule has 0 saturated heterocycles. The molecule has 0 aliphatic carbocycles. The van der Waals surface area contributed by atoms with Crippen LogP contribution in [0, 0.1) is 13.8 Å². The quantitative estimate of drug-likeness (QED) is 0.836. The van der Waals surface area contributed by atoms with Gasteiger partial charge in [-0.25, -0.2) is 0 Å². The second-order valence-corrected chi connectivity index (χ2v) is 6.37. The number of ether oxygens (including phenoxy) is 1. The Morgan fingerprint density at radius 3 is 2.33 bits per heavy atom.